The molecule has 0 bridgehead atoms. The van der Waals surface area contributed by atoms with Crippen LogP contribution in [-0.4, -0.2) is 25.6 Å². The van der Waals surface area contributed by atoms with Gasteiger partial charge in [0, 0.05) is 5.75 Å². The van der Waals surface area contributed by atoms with Gasteiger partial charge in [-0.3, -0.25) is 0 Å². The van der Waals surface area contributed by atoms with Gasteiger partial charge >= 0.3 is 0 Å². The fraction of sp³-hybridized carbons (Fsp3) is 0.571. The molecule has 1 aliphatic heterocycles. The number of nitrogens with zero attached hydrogens (tertiary/aromatic N) is 1. The van der Waals surface area contributed by atoms with Gasteiger partial charge < -0.3 is 5.73 Å². The van der Waals surface area contributed by atoms with Crippen molar-refractivity contribution in [2.24, 2.45) is 10.1 Å². The van der Waals surface area contributed by atoms with Gasteiger partial charge in [-0.25, -0.2) is 0 Å². The van der Waals surface area contributed by atoms with Gasteiger partial charge in [0.1, 0.15) is 4.91 Å². The molecule has 1 heterocycles. The van der Waals surface area contributed by atoms with E-state index in [2.05, 4.69) is 4.40 Å². The lowest BCUT2D eigenvalue weighted by Gasteiger charge is -2.04. The van der Waals surface area contributed by atoms with Gasteiger partial charge in [0.15, 0.2) is 0 Å². The van der Waals surface area contributed by atoms with Gasteiger partial charge in [0.05, 0.1) is 11.9 Å². The highest BCUT2D eigenvalue weighted by atomic mass is 32.2. The van der Waals surface area contributed by atoms with E-state index in [9.17, 15) is 8.42 Å². The first-order chi connectivity index (χ1) is 5.93. The summed E-state index contributed by atoms with van der Waals surface area (Å²) in [6, 6.07) is 0. The molecular weight excluding hydrogens is 208 g/mol. The Labute approximate surface area is 82.4 Å². The summed E-state index contributed by atoms with van der Waals surface area (Å²) in [5.74, 6) is 0.409. The van der Waals surface area contributed by atoms with E-state index in [1.54, 1.807) is 0 Å². The van der Waals surface area contributed by atoms with E-state index in [0.29, 0.717) is 11.0 Å². The fourth-order valence-electron chi connectivity index (χ4n) is 0.811. The highest BCUT2D eigenvalue weighted by Gasteiger charge is 2.24. The van der Waals surface area contributed by atoms with Crippen LogP contribution in [0.15, 0.2) is 15.0 Å². The Morgan fingerprint density at radius 2 is 2.23 bits per heavy atom. The van der Waals surface area contributed by atoms with Crippen molar-refractivity contribution in [1.82, 2.24) is 0 Å². The number of hydrogen-bond donors (Lipinski definition) is 1. The maximum Gasteiger partial charge on any atom is 0.281 e. The van der Waals surface area contributed by atoms with Crippen LogP contribution in [0.2, 0.25) is 0 Å². The highest BCUT2D eigenvalue weighted by molar-refractivity contribution is 8.02. The molecule has 6 heteroatoms. The number of nitrogens with two attached hydrogens (primary N) is 1. The molecule has 1 aliphatic rings. The molecule has 13 heavy (non-hydrogen) atoms. The molecule has 0 aromatic heterocycles. The fourth-order valence-corrected chi connectivity index (χ4v) is 2.99. The molecule has 74 valence electrons. The van der Waals surface area contributed by atoms with Crippen molar-refractivity contribution in [3.05, 3.63) is 10.6 Å². The summed E-state index contributed by atoms with van der Waals surface area (Å²) in [6.45, 7) is 4.01. The van der Waals surface area contributed by atoms with E-state index < -0.39 is 10.0 Å². The van der Waals surface area contributed by atoms with Crippen molar-refractivity contribution >= 4 is 28.0 Å². The topological polar surface area (TPSA) is 72.5 Å². The van der Waals surface area contributed by atoms with Crippen LogP contribution < -0.4 is 5.73 Å². The summed E-state index contributed by atoms with van der Waals surface area (Å²) in [5, 5.41) is 0.385. The van der Waals surface area contributed by atoms with Crippen molar-refractivity contribution in [3.8, 4) is 0 Å². The Kier molecular flexibility index (Phi) is 3.02. The van der Waals surface area contributed by atoms with Crippen molar-refractivity contribution in [2.45, 2.75) is 19.1 Å². The van der Waals surface area contributed by atoms with Crippen LogP contribution in [0.4, 0.5) is 0 Å². The number of rotatable bonds is 3. The van der Waals surface area contributed by atoms with E-state index in [1.807, 2.05) is 13.8 Å². The summed E-state index contributed by atoms with van der Waals surface area (Å²) in [7, 11) is -3.43. The maximum atomic E-state index is 11.2. The van der Waals surface area contributed by atoms with Gasteiger partial charge in [0.2, 0.25) is 0 Å². The van der Waals surface area contributed by atoms with Crippen molar-refractivity contribution in [2.75, 3.05) is 5.75 Å². The van der Waals surface area contributed by atoms with Crippen molar-refractivity contribution in [3.63, 3.8) is 0 Å². The van der Waals surface area contributed by atoms with Crippen LogP contribution in [0.3, 0.4) is 0 Å². The smallest absolute Gasteiger partial charge is 0.281 e. The minimum absolute atomic E-state index is 0.242. The van der Waals surface area contributed by atoms with Crippen LogP contribution in [0, 0.1) is 0 Å². The Morgan fingerprint density at radius 1 is 1.62 bits per heavy atom. The molecule has 0 amide bonds. The quantitative estimate of drug-likeness (QED) is 0.760. The molecule has 0 aromatic carbocycles. The second-order valence-electron chi connectivity index (χ2n) is 2.95. The molecule has 4 nitrogen and oxygen atoms in total. The van der Waals surface area contributed by atoms with E-state index in [4.69, 9.17) is 5.73 Å². The summed E-state index contributed by atoms with van der Waals surface area (Å²) in [4.78, 5) is 0.242. The zero-order valence-corrected chi connectivity index (χ0v) is 9.15. The predicted octanol–water partition coefficient (Wildman–Crippen LogP) is 0.713. The van der Waals surface area contributed by atoms with Crippen LogP contribution >= 0.6 is 11.8 Å². The Morgan fingerprint density at radius 3 is 2.62 bits per heavy atom. The average Bonchev–Trinajstić information content (AvgIpc) is 2.23. The van der Waals surface area contributed by atoms with E-state index >= 15 is 0 Å². The summed E-state index contributed by atoms with van der Waals surface area (Å²) >= 11 is 1.54. The maximum absolute atomic E-state index is 11.2. The monoisotopic (exact) mass is 220 g/mol. The number of hydrogen-bond acceptors (Lipinski definition) is 4. The number of allylic oxidation sites excluding steroid dienone is 1. The summed E-state index contributed by atoms with van der Waals surface area (Å²) < 4.78 is 25.8. The Balaban J connectivity index is 2.76. The first-order valence-corrected chi connectivity index (χ1v) is 6.33. The van der Waals surface area contributed by atoms with E-state index in [1.165, 1.54) is 18.0 Å². The molecule has 0 radical (unpaired) electrons. The molecule has 0 aromatic rings. The molecule has 0 saturated heterocycles. The highest BCUT2D eigenvalue weighted by Crippen LogP contribution is 2.23. The lowest BCUT2D eigenvalue weighted by molar-refractivity contribution is 0.605. The zero-order valence-electron chi connectivity index (χ0n) is 7.52. The normalized spacial score (nSPS) is 20.2. The largest absolute Gasteiger partial charge is 0.397 e. The molecular formula is C7H12N2O2S2. The van der Waals surface area contributed by atoms with Crippen LogP contribution in [0.1, 0.15) is 13.8 Å². The van der Waals surface area contributed by atoms with Crippen LogP contribution in [0.5, 0.6) is 0 Å². The van der Waals surface area contributed by atoms with Gasteiger partial charge in [-0.05, 0) is 5.25 Å². The third-order valence-corrected chi connectivity index (χ3v) is 4.20. The molecule has 0 saturated carbocycles. The third-order valence-electron chi connectivity index (χ3n) is 1.51. The second kappa shape index (κ2) is 3.71. The molecule has 0 aliphatic carbocycles. The van der Waals surface area contributed by atoms with E-state index in [-0.39, 0.29) is 10.6 Å². The standard InChI is InChI=1S/C7H12N2O2S2/c1-5(2)12-4-7-6(8)3-9-13(7,10)11/h3,5H,4,8H2,1-2H3. The molecule has 0 unspecified atom stereocenters. The molecule has 1 rings (SSSR count). The summed E-state index contributed by atoms with van der Waals surface area (Å²) in [6.07, 6.45) is 1.20. The number of thioether (sulfide) groups is 1. The Hall–Kier alpha value is -0.490. The first kappa shape index (κ1) is 10.6. The Bertz CT molecular complexity index is 355. The first-order valence-electron chi connectivity index (χ1n) is 3.84. The van der Waals surface area contributed by atoms with Crippen LogP contribution in [-0.2, 0) is 10.0 Å². The van der Waals surface area contributed by atoms with Crippen molar-refractivity contribution in [1.29, 1.82) is 0 Å². The lowest BCUT2D eigenvalue weighted by atomic mass is 10.4. The minimum Gasteiger partial charge on any atom is -0.397 e. The van der Waals surface area contributed by atoms with Gasteiger partial charge in [-0.15, -0.1) is 0 Å². The summed E-state index contributed by atoms with van der Waals surface area (Å²) in [5.41, 5.74) is 5.75. The molecule has 2 N–H and O–H groups in total. The van der Waals surface area contributed by atoms with Gasteiger partial charge in [-0.2, -0.15) is 24.6 Å². The van der Waals surface area contributed by atoms with Gasteiger partial charge in [-0.1, -0.05) is 13.8 Å². The molecule has 0 fully saturated rings. The average molecular weight is 220 g/mol. The predicted molar refractivity (Wildman–Crippen MR) is 56.2 cm³/mol. The molecule has 0 atom stereocenters. The SMILES string of the molecule is CC(C)SCC1=C(N)C=NS1(=O)=O. The third kappa shape index (κ3) is 2.47. The van der Waals surface area contributed by atoms with Gasteiger partial charge in [0.25, 0.3) is 10.0 Å². The van der Waals surface area contributed by atoms with Crippen molar-refractivity contribution < 1.29 is 8.42 Å². The minimum atomic E-state index is -3.43. The number of sulfonamides is 1. The van der Waals surface area contributed by atoms with Crippen LogP contribution in [0.25, 0.3) is 0 Å². The molecule has 0 spiro atoms. The lowest BCUT2D eigenvalue weighted by Crippen LogP contribution is -2.07. The van der Waals surface area contributed by atoms with E-state index in [0.717, 1.165) is 0 Å². The zero-order chi connectivity index (χ0) is 10.1. The second-order valence-corrected chi connectivity index (χ2v) is 6.17.